The fraction of sp³-hybridized carbons (Fsp3) is 0.435. The van der Waals surface area contributed by atoms with Gasteiger partial charge in [-0.3, -0.25) is 5.10 Å². The summed E-state index contributed by atoms with van der Waals surface area (Å²) in [7, 11) is 0. The summed E-state index contributed by atoms with van der Waals surface area (Å²) in [5, 5.41) is 29.7. The van der Waals surface area contributed by atoms with Gasteiger partial charge in [0.05, 0.1) is 11.9 Å². The van der Waals surface area contributed by atoms with Crippen LogP contribution in [0.2, 0.25) is 0 Å². The van der Waals surface area contributed by atoms with Crippen LogP contribution in [0.5, 0.6) is 5.75 Å². The molecule has 0 atom stereocenters. The van der Waals surface area contributed by atoms with Crippen molar-refractivity contribution in [1.82, 2.24) is 20.4 Å². The Morgan fingerprint density at radius 3 is 2.70 bits per heavy atom. The number of allylic oxidation sites excluding steroid dienone is 1. The number of aromatic nitrogens is 2. The van der Waals surface area contributed by atoms with Gasteiger partial charge in [0, 0.05) is 37.0 Å². The average molecular weight is 407 g/mol. The molecule has 0 amide bonds. The second-order valence-electron chi connectivity index (χ2n) is 8.32. The number of rotatable bonds is 4. The minimum atomic E-state index is 0.143. The molecule has 3 heterocycles. The van der Waals surface area contributed by atoms with Crippen LogP contribution < -0.4 is 5.32 Å². The molecule has 2 aromatic rings. The van der Waals surface area contributed by atoms with Crippen LogP contribution in [0.4, 0.5) is 0 Å². The van der Waals surface area contributed by atoms with Gasteiger partial charge in [-0.05, 0) is 68.3 Å². The summed E-state index contributed by atoms with van der Waals surface area (Å²) >= 11 is 0. The first kappa shape index (κ1) is 20.3. The van der Waals surface area contributed by atoms with Crippen LogP contribution in [0, 0.1) is 5.41 Å². The van der Waals surface area contributed by atoms with Crippen LogP contribution in [0.25, 0.3) is 11.1 Å². The van der Waals surface area contributed by atoms with Gasteiger partial charge >= 0.3 is 0 Å². The van der Waals surface area contributed by atoms with E-state index in [-0.39, 0.29) is 5.75 Å². The molecule has 0 aliphatic carbocycles. The SMILES string of the molecule is C=C/C(=N\N=C(/C)N1CCC2(CCCNC2)CC1)c1ccc(-c2cn[nH]c2)cc1O. The molecule has 2 aliphatic rings. The Balaban J connectivity index is 1.46. The fourth-order valence-corrected chi connectivity index (χ4v) is 4.49. The highest BCUT2D eigenvalue weighted by Gasteiger charge is 2.35. The summed E-state index contributed by atoms with van der Waals surface area (Å²) < 4.78 is 0. The Bertz CT molecular complexity index is 931. The highest BCUT2D eigenvalue weighted by atomic mass is 16.3. The predicted octanol–water partition coefficient (Wildman–Crippen LogP) is 3.56. The highest BCUT2D eigenvalue weighted by molar-refractivity contribution is 6.10. The van der Waals surface area contributed by atoms with Crippen molar-refractivity contribution in [3.8, 4) is 16.9 Å². The van der Waals surface area contributed by atoms with E-state index < -0.39 is 0 Å². The average Bonchev–Trinajstić information content (AvgIpc) is 3.31. The lowest BCUT2D eigenvalue weighted by Crippen LogP contribution is -2.49. The molecule has 4 rings (SSSR count). The zero-order chi connectivity index (χ0) is 21.0. The van der Waals surface area contributed by atoms with Crippen molar-refractivity contribution in [1.29, 1.82) is 0 Å². The standard InChI is InChI=1S/C23H30N6O/c1-3-21(20-6-5-18(13-22(20)30)19-14-25-26-15-19)28-27-17(2)29-11-8-23(9-12-29)7-4-10-24-16-23/h3,5-6,13-15,24,30H,1,4,7-12,16H2,2H3,(H,25,26)/b27-17+,28-21+. The van der Waals surface area contributed by atoms with E-state index in [1.807, 2.05) is 19.1 Å². The second-order valence-corrected chi connectivity index (χ2v) is 8.32. The van der Waals surface area contributed by atoms with E-state index >= 15 is 0 Å². The molecule has 1 aromatic carbocycles. The van der Waals surface area contributed by atoms with Gasteiger partial charge in [0.25, 0.3) is 0 Å². The molecule has 2 fully saturated rings. The first-order valence-corrected chi connectivity index (χ1v) is 10.6. The topological polar surface area (TPSA) is 88.9 Å². The normalized spacial score (nSPS) is 19.8. The Morgan fingerprint density at radius 2 is 2.07 bits per heavy atom. The molecule has 1 aromatic heterocycles. The van der Waals surface area contributed by atoms with Gasteiger partial charge < -0.3 is 15.3 Å². The van der Waals surface area contributed by atoms with Crippen molar-refractivity contribution in [3.05, 3.63) is 48.8 Å². The molecule has 7 nitrogen and oxygen atoms in total. The molecule has 0 radical (unpaired) electrons. The molecule has 3 N–H and O–H groups in total. The van der Waals surface area contributed by atoms with Crippen molar-refractivity contribution in [2.75, 3.05) is 26.2 Å². The van der Waals surface area contributed by atoms with Gasteiger partial charge in [-0.2, -0.15) is 5.10 Å². The molecule has 0 unspecified atom stereocenters. The minimum absolute atomic E-state index is 0.143. The van der Waals surface area contributed by atoms with Crippen LogP contribution in [0.15, 0.2) is 53.5 Å². The number of aromatic amines is 1. The van der Waals surface area contributed by atoms with Gasteiger partial charge in [0.2, 0.25) is 0 Å². The molecule has 0 saturated carbocycles. The Labute approximate surface area is 177 Å². The fourth-order valence-electron chi connectivity index (χ4n) is 4.49. The maximum atomic E-state index is 10.5. The summed E-state index contributed by atoms with van der Waals surface area (Å²) in [5.41, 5.74) is 3.43. The number of phenolic OH excluding ortho intramolecular Hbond substituents is 1. The van der Waals surface area contributed by atoms with Crippen molar-refractivity contribution >= 4 is 11.5 Å². The molecule has 30 heavy (non-hydrogen) atoms. The number of H-pyrrole nitrogens is 1. The molecular weight excluding hydrogens is 376 g/mol. The van der Waals surface area contributed by atoms with E-state index in [4.69, 9.17) is 0 Å². The Kier molecular flexibility index (Phi) is 5.99. The second kappa shape index (κ2) is 8.83. The van der Waals surface area contributed by atoms with Crippen LogP contribution in [-0.2, 0) is 0 Å². The van der Waals surface area contributed by atoms with E-state index in [1.54, 1.807) is 24.5 Å². The van der Waals surface area contributed by atoms with E-state index in [1.165, 1.54) is 25.7 Å². The lowest BCUT2D eigenvalue weighted by atomic mass is 9.73. The van der Waals surface area contributed by atoms with E-state index in [0.717, 1.165) is 43.1 Å². The number of nitrogens with zero attached hydrogens (tertiary/aromatic N) is 4. The van der Waals surface area contributed by atoms with Crippen LogP contribution in [0.1, 0.15) is 38.2 Å². The molecule has 0 bridgehead atoms. The number of benzene rings is 1. The van der Waals surface area contributed by atoms with E-state index in [2.05, 4.69) is 37.2 Å². The number of phenols is 1. The van der Waals surface area contributed by atoms with Gasteiger partial charge in [0.1, 0.15) is 11.6 Å². The summed E-state index contributed by atoms with van der Waals surface area (Å²) in [6, 6.07) is 5.47. The number of nitrogens with one attached hydrogen (secondary N) is 2. The molecule has 7 heteroatoms. The molecule has 158 valence electrons. The van der Waals surface area contributed by atoms with E-state index in [9.17, 15) is 5.11 Å². The van der Waals surface area contributed by atoms with Crippen molar-refractivity contribution in [3.63, 3.8) is 0 Å². The summed E-state index contributed by atoms with van der Waals surface area (Å²) in [4.78, 5) is 2.31. The zero-order valence-electron chi connectivity index (χ0n) is 17.6. The van der Waals surface area contributed by atoms with Crippen LogP contribution in [0.3, 0.4) is 0 Å². The third kappa shape index (κ3) is 4.31. The van der Waals surface area contributed by atoms with Crippen LogP contribution >= 0.6 is 0 Å². The summed E-state index contributed by atoms with van der Waals surface area (Å²) in [5.74, 6) is 1.05. The molecular formula is C23H30N6O. The largest absolute Gasteiger partial charge is 0.507 e. The first-order valence-electron chi connectivity index (χ1n) is 10.6. The smallest absolute Gasteiger partial charge is 0.125 e. The maximum absolute atomic E-state index is 10.5. The molecule has 2 aliphatic heterocycles. The third-order valence-corrected chi connectivity index (χ3v) is 6.44. The van der Waals surface area contributed by atoms with Crippen LogP contribution in [-0.4, -0.2) is 57.9 Å². The van der Waals surface area contributed by atoms with Crippen molar-refractivity contribution in [2.45, 2.75) is 32.6 Å². The van der Waals surface area contributed by atoms with Gasteiger partial charge in [-0.1, -0.05) is 12.6 Å². The number of likely N-dealkylation sites (tertiary alicyclic amines) is 1. The Morgan fingerprint density at radius 1 is 1.23 bits per heavy atom. The number of hydrogen-bond donors (Lipinski definition) is 3. The highest BCUT2D eigenvalue weighted by Crippen LogP contribution is 2.37. The van der Waals surface area contributed by atoms with Gasteiger partial charge in [-0.15, -0.1) is 10.2 Å². The summed E-state index contributed by atoms with van der Waals surface area (Å²) in [6.07, 6.45) is 10.1. The molecule has 1 spiro atoms. The number of aromatic hydroxyl groups is 1. The van der Waals surface area contributed by atoms with Gasteiger partial charge in [0.15, 0.2) is 0 Å². The maximum Gasteiger partial charge on any atom is 0.125 e. The quantitative estimate of drug-likeness (QED) is 0.411. The van der Waals surface area contributed by atoms with E-state index in [0.29, 0.717) is 16.7 Å². The molecule has 2 saturated heterocycles. The minimum Gasteiger partial charge on any atom is -0.507 e. The van der Waals surface area contributed by atoms with Gasteiger partial charge in [-0.25, -0.2) is 0 Å². The predicted molar refractivity (Wildman–Crippen MR) is 121 cm³/mol. The number of amidine groups is 1. The lowest BCUT2D eigenvalue weighted by molar-refractivity contribution is 0.111. The first-order chi connectivity index (χ1) is 14.6. The summed E-state index contributed by atoms with van der Waals surface area (Å²) in [6.45, 7) is 10.2. The lowest BCUT2D eigenvalue weighted by Gasteiger charge is -2.44. The van der Waals surface area contributed by atoms with Crippen molar-refractivity contribution in [2.24, 2.45) is 15.6 Å². The monoisotopic (exact) mass is 406 g/mol. The number of hydrogen-bond acceptors (Lipinski definition) is 5. The van der Waals surface area contributed by atoms with Crippen molar-refractivity contribution < 1.29 is 5.11 Å². The zero-order valence-corrected chi connectivity index (χ0v) is 17.6. The third-order valence-electron chi connectivity index (χ3n) is 6.44. The Hall–Kier alpha value is -2.93. The number of piperidine rings is 2.